The highest BCUT2D eigenvalue weighted by molar-refractivity contribution is 5.81. The third kappa shape index (κ3) is 6.80. The van der Waals surface area contributed by atoms with Gasteiger partial charge < -0.3 is 20.3 Å². The SMILES string of the molecule is CC(C)(C)[C@H](c1nc(-c2cc(F)ccc2F)cn1Cc1ccccc1)N(CC[C@H](N)C(=O)NN)C(=O)CO. The highest BCUT2D eigenvalue weighted by Gasteiger charge is 2.38. The van der Waals surface area contributed by atoms with Crippen molar-refractivity contribution < 1.29 is 23.5 Å². The molecule has 2 amide bonds. The Morgan fingerprint density at radius 3 is 2.45 bits per heavy atom. The Morgan fingerprint density at radius 2 is 1.84 bits per heavy atom. The lowest BCUT2D eigenvalue weighted by Gasteiger charge is -2.40. The molecule has 2 atom stereocenters. The summed E-state index contributed by atoms with van der Waals surface area (Å²) in [5.41, 5.74) is 8.37. The van der Waals surface area contributed by atoms with E-state index in [2.05, 4.69) is 0 Å². The first kappa shape index (κ1) is 28.9. The number of aliphatic hydroxyl groups is 1. The lowest BCUT2D eigenvalue weighted by molar-refractivity contribution is -0.140. The molecule has 0 aliphatic carbocycles. The molecule has 0 spiro atoms. The molecular weight excluding hydrogens is 494 g/mol. The molecule has 11 heteroatoms. The van der Waals surface area contributed by atoms with E-state index < -0.39 is 47.6 Å². The van der Waals surface area contributed by atoms with Crippen LogP contribution in [-0.2, 0) is 16.1 Å². The van der Waals surface area contributed by atoms with Gasteiger partial charge in [0.2, 0.25) is 5.91 Å². The number of hydrogen-bond acceptors (Lipinski definition) is 6. The van der Waals surface area contributed by atoms with Gasteiger partial charge in [0, 0.05) is 24.8 Å². The van der Waals surface area contributed by atoms with Crippen LogP contribution < -0.4 is 17.0 Å². The highest BCUT2D eigenvalue weighted by atomic mass is 19.1. The van der Waals surface area contributed by atoms with Crippen molar-refractivity contribution in [3.8, 4) is 11.3 Å². The average Bonchev–Trinajstić information content (AvgIpc) is 3.28. The molecule has 0 bridgehead atoms. The van der Waals surface area contributed by atoms with Crippen molar-refractivity contribution in [2.24, 2.45) is 17.0 Å². The summed E-state index contributed by atoms with van der Waals surface area (Å²) >= 11 is 0. The van der Waals surface area contributed by atoms with Gasteiger partial charge in [-0.15, -0.1) is 0 Å². The molecule has 0 unspecified atom stereocenters. The Bertz CT molecular complexity index is 1260. The lowest BCUT2D eigenvalue weighted by Crippen LogP contribution is -2.48. The Morgan fingerprint density at radius 1 is 1.16 bits per heavy atom. The number of aromatic nitrogens is 2. The number of amides is 2. The summed E-state index contributed by atoms with van der Waals surface area (Å²) in [6.45, 7) is 5.25. The van der Waals surface area contributed by atoms with Gasteiger partial charge in [-0.05, 0) is 35.6 Å². The molecule has 0 saturated heterocycles. The molecule has 0 saturated carbocycles. The zero-order valence-corrected chi connectivity index (χ0v) is 21.7. The Kier molecular flexibility index (Phi) is 9.31. The number of carbonyl (C=O) groups excluding carboxylic acids is 2. The first-order chi connectivity index (χ1) is 18.0. The maximum absolute atomic E-state index is 14.7. The highest BCUT2D eigenvalue weighted by Crippen LogP contribution is 2.39. The average molecular weight is 529 g/mol. The minimum atomic E-state index is -0.990. The maximum Gasteiger partial charge on any atom is 0.250 e. The van der Waals surface area contributed by atoms with Crippen molar-refractivity contribution in [1.29, 1.82) is 0 Å². The maximum atomic E-state index is 14.7. The first-order valence-electron chi connectivity index (χ1n) is 12.2. The number of carbonyl (C=O) groups is 2. The van der Waals surface area contributed by atoms with Crippen LogP contribution in [0.2, 0.25) is 0 Å². The van der Waals surface area contributed by atoms with Crippen molar-refractivity contribution in [1.82, 2.24) is 19.9 Å². The summed E-state index contributed by atoms with van der Waals surface area (Å²) in [5, 5.41) is 9.80. The number of halogens is 2. The van der Waals surface area contributed by atoms with Crippen LogP contribution in [0.1, 0.15) is 44.6 Å². The van der Waals surface area contributed by atoms with Crippen LogP contribution in [0.25, 0.3) is 11.3 Å². The summed E-state index contributed by atoms with van der Waals surface area (Å²) in [6, 6.07) is 10.9. The number of imidazole rings is 1. The Hall–Kier alpha value is -3.67. The molecule has 1 aromatic heterocycles. The molecule has 3 rings (SSSR count). The van der Waals surface area contributed by atoms with Crippen LogP contribution in [0.15, 0.2) is 54.7 Å². The van der Waals surface area contributed by atoms with Crippen molar-refractivity contribution in [2.75, 3.05) is 13.2 Å². The van der Waals surface area contributed by atoms with Gasteiger partial charge in [0.05, 0.1) is 17.8 Å². The standard InChI is InChI=1S/C27H34F2N6O3/c1-27(2,3)24(35(23(37)16-36)12-11-21(30)26(38)33-31)25-32-22(19-13-18(28)9-10-20(19)29)15-34(25)14-17-7-5-4-6-8-17/h4-10,13,15,21,24,36H,11-12,14,16,30-31H2,1-3H3,(H,33,38)/t21-,24-/m0/s1. The third-order valence-electron chi connectivity index (χ3n) is 6.20. The number of nitrogens with zero attached hydrogens (tertiary/aromatic N) is 3. The van der Waals surface area contributed by atoms with Crippen molar-refractivity contribution in [2.45, 2.75) is 45.8 Å². The second-order valence-electron chi connectivity index (χ2n) is 10.1. The van der Waals surface area contributed by atoms with Gasteiger partial charge >= 0.3 is 0 Å². The van der Waals surface area contributed by atoms with E-state index >= 15 is 0 Å². The fourth-order valence-corrected chi connectivity index (χ4v) is 4.38. The van der Waals surface area contributed by atoms with Gasteiger partial charge in [0.1, 0.15) is 24.1 Å². The minimum Gasteiger partial charge on any atom is -0.387 e. The van der Waals surface area contributed by atoms with Gasteiger partial charge in [0.25, 0.3) is 5.91 Å². The van der Waals surface area contributed by atoms with Crippen LogP contribution in [0.3, 0.4) is 0 Å². The summed E-state index contributed by atoms with van der Waals surface area (Å²) < 4.78 is 30.6. The van der Waals surface area contributed by atoms with Crippen molar-refractivity contribution >= 4 is 11.8 Å². The molecule has 204 valence electrons. The second-order valence-corrected chi connectivity index (χ2v) is 10.1. The largest absolute Gasteiger partial charge is 0.387 e. The Balaban J connectivity index is 2.16. The second kappa shape index (κ2) is 12.2. The number of aliphatic hydroxyl groups excluding tert-OH is 1. The molecule has 9 nitrogen and oxygen atoms in total. The first-order valence-corrected chi connectivity index (χ1v) is 12.2. The van der Waals surface area contributed by atoms with E-state index in [1.54, 1.807) is 10.8 Å². The van der Waals surface area contributed by atoms with Crippen LogP contribution in [0, 0.1) is 17.0 Å². The van der Waals surface area contributed by atoms with E-state index in [1.807, 2.05) is 56.5 Å². The molecule has 1 heterocycles. The Labute approximate surface area is 220 Å². The van der Waals surface area contributed by atoms with Crippen LogP contribution in [0.4, 0.5) is 8.78 Å². The molecule has 3 aromatic rings. The fourth-order valence-electron chi connectivity index (χ4n) is 4.38. The lowest BCUT2D eigenvalue weighted by atomic mass is 9.84. The van der Waals surface area contributed by atoms with Crippen LogP contribution in [-0.4, -0.2) is 50.6 Å². The molecular formula is C27H34F2N6O3. The number of benzene rings is 2. The monoisotopic (exact) mass is 528 g/mol. The van der Waals surface area contributed by atoms with E-state index in [0.29, 0.717) is 12.4 Å². The smallest absolute Gasteiger partial charge is 0.250 e. The topological polar surface area (TPSA) is 140 Å². The number of hydrogen-bond donors (Lipinski definition) is 4. The minimum absolute atomic E-state index is 0.0117. The predicted molar refractivity (Wildman–Crippen MR) is 139 cm³/mol. The molecule has 38 heavy (non-hydrogen) atoms. The van der Waals surface area contributed by atoms with Gasteiger partial charge in [-0.25, -0.2) is 19.6 Å². The number of hydrazine groups is 1. The van der Waals surface area contributed by atoms with Gasteiger partial charge in [-0.1, -0.05) is 51.1 Å². The van der Waals surface area contributed by atoms with Crippen molar-refractivity contribution in [3.63, 3.8) is 0 Å². The summed E-state index contributed by atoms with van der Waals surface area (Å²) in [6.07, 6.45) is 1.68. The van der Waals surface area contributed by atoms with E-state index in [0.717, 1.165) is 23.8 Å². The summed E-state index contributed by atoms with van der Waals surface area (Å²) in [4.78, 5) is 31.0. The quantitative estimate of drug-likeness (QED) is 0.181. The predicted octanol–water partition coefficient (Wildman–Crippen LogP) is 2.49. The number of nitrogens with one attached hydrogen (secondary N) is 1. The molecule has 0 aliphatic heterocycles. The van der Waals surface area contributed by atoms with Crippen molar-refractivity contribution in [3.05, 3.63) is 77.8 Å². The summed E-state index contributed by atoms with van der Waals surface area (Å²) in [5.74, 6) is 3.14. The molecule has 0 radical (unpaired) electrons. The van der Waals surface area contributed by atoms with E-state index in [9.17, 15) is 23.5 Å². The number of rotatable bonds is 10. The van der Waals surface area contributed by atoms with Gasteiger partial charge in [0.15, 0.2) is 0 Å². The molecule has 0 fully saturated rings. The van der Waals surface area contributed by atoms with E-state index in [1.165, 1.54) is 4.90 Å². The van der Waals surface area contributed by atoms with E-state index in [4.69, 9.17) is 16.6 Å². The number of nitrogens with two attached hydrogens (primary N) is 2. The normalized spacial score (nSPS) is 13.2. The zero-order valence-electron chi connectivity index (χ0n) is 21.7. The molecule has 2 aromatic carbocycles. The third-order valence-corrected chi connectivity index (χ3v) is 6.20. The van der Waals surface area contributed by atoms with E-state index in [-0.39, 0.29) is 24.2 Å². The van der Waals surface area contributed by atoms with Crippen LogP contribution in [0.5, 0.6) is 0 Å². The molecule has 6 N–H and O–H groups in total. The zero-order chi connectivity index (χ0) is 28.0. The summed E-state index contributed by atoms with van der Waals surface area (Å²) in [7, 11) is 0. The van der Waals surface area contributed by atoms with Crippen LogP contribution >= 0.6 is 0 Å². The molecule has 0 aliphatic rings. The fraction of sp³-hybridized carbons (Fsp3) is 0.370. The van der Waals surface area contributed by atoms with Gasteiger partial charge in [-0.3, -0.25) is 15.0 Å². The van der Waals surface area contributed by atoms with Gasteiger partial charge in [-0.2, -0.15) is 0 Å².